The topological polar surface area (TPSA) is 83.2 Å². The minimum atomic E-state index is -0.348. The average Bonchev–Trinajstić information content (AvgIpc) is 3.19. The summed E-state index contributed by atoms with van der Waals surface area (Å²) < 4.78 is 5.70. The lowest BCUT2D eigenvalue weighted by Gasteiger charge is -2.12. The molecule has 0 unspecified atom stereocenters. The van der Waals surface area contributed by atoms with Gasteiger partial charge < -0.3 is 20.4 Å². The van der Waals surface area contributed by atoms with Crippen molar-refractivity contribution < 1.29 is 14.3 Å². The molecule has 184 valence electrons. The Labute approximate surface area is 211 Å². The molecule has 0 spiro atoms. The van der Waals surface area contributed by atoms with E-state index in [9.17, 15) is 9.59 Å². The molecule has 0 aliphatic heterocycles. The van der Waals surface area contributed by atoms with E-state index in [1.807, 2.05) is 69.3 Å². The smallest absolute Gasteiger partial charge is 0.267 e. The summed E-state index contributed by atoms with van der Waals surface area (Å²) in [5.41, 5.74) is 4.77. The van der Waals surface area contributed by atoms with Crippen LogP contribution in [0.3, 0.4) is 0 Å². The van der Waals surface area contributed by atoms with Crippen LogP contribution in [0.1, 0.15) is 41.0 Å². The fourth-order valence-electron chi connectivity index (χ4n) is 4.08. The van der Waals surface area contributed by atoms with E-state index in [0.717, 1.165) is 27.9 Å². The highest BCUT2D eigenvalue weighted by Gasteiger charge is 2.15. The number of amides is 2. The van der Waals surface area contributed by atoms with Gasteiger partial charge in [-0.1, -0.05) is 48.5 Å². The summed E-state index contributed by atoms with van der Waals surface area (Å²) in [6, 6.07) is 24.4. The first-order valence-corrected chi connectivity index (χ1v) is 12.1. The lowest BCUT2D eigenvalue weighted by molar-refractivity contribution is -0.117. The van der Waals surface area contributed by atoms with Crippen LogP contribution >= 0.6 is 0 Å². The van der Waals surface area contributed by atoms with Gasteiger partial charge in [-0.15, -0.1) is 0 Å². The Kier molecular flexibility index (Phi) is 7.85. The highest BCUT2D eigenvalue weighted by Crippen LogP contribution is 2.22. The van der Waals surface area contributed by atoms with E-state index >= 15 is 0 Å². The normalized spacial score (nSPS) is 11.5. The van der Waals surface area contributed by atoms with Gasteiger partial charge in [0.05, 0.1) is 6.10 Å². The molecule has 0 radical (unpaired) electrons. The summed E-state index contributed by atoms with van der Waals surface area (Å²) in [6.45, 7) is 6.40. The first-order valence-electron chi connectivity index (χ1n) is 12.1. The van der Waals surface area contributed by atoms with Gasteiger partial charge in [-0.05, 0) is 74.7 Å². The molecule has 2 amide bonds. The maximum atomic E-state index is 13.2. The number of carbonyl (C=O) groups excluding carboxylic acids is 2. The van der Waals surface area contributed by atoms with E-state index in [0.29, 0.717) is 18.5 Å². The van der Waals surface area contributed by atoms with Gasteiger partial charge in [0.2, 0.25) is 0 Å². The third kappa shape index (κ3) is 6.21. The number of para-hydroxylation sites is 1. The van der Waals surface area contributed by atoms with Crippen LogP contribution in [0.4, 0.5) is 0 Å². The van der Waals surface area contributed by atoms with E-state index in [4.69, 9.17) is 4.74 Å². The lowest BCUT2D eigenvalue weighted by Crippen LogP contribution is -2.35. The highest BCUT2D eigenvalue weighted by molar-refractivity contribution is 6.05. The minimum Gasteiger partial charge on any atom is -0.491 e. The Morgan fingerprint density at radius 2 is 1.64 bits per heavy atom. The predicted molar refractivity (Wildman–Crippen MR) is 144 cm³/mol. The second kappa shape index (κ2) is 11.4. The molecule has 0 aliphatic carbocycles. The lowest BCUT2D eigenvalue weighted by atomic mass is 10.1. The summed E-state index contributed by atoms with van der Waals surface area (Å²) in [5, 5.41) is 6.91. The zero-order chi connectivity index (χ0) is 25.5. The maximum absolute atomic E-state index is 13.2. The van der Waals surface area contributed by atoms with Crippen LogP contribution in [-0.2, 0) is 11.2 Å². The van der Waals surface area contributed by atoms with Gasteiger partial charge >= 0.3 is 0 Å². The van der Waals surface area contributed by atoms with Gasteiger partial charge in [-0.2, -0.15) is 0 Å². The van der Waals surface area contributed by atoms with Gasteiger partial charge in [-0.3, -0.25) is 9.59 Å². The first-order chi connectivity index (χ1) is 17.4. The van der Waals surface area contributed by atoms with E-state index in [1.165, 1.54) is 5.56 Å². The monoisotopic (exact) mass is 481 g/mol. The number of aromatic nitrogens is 1. The highest BCUT2D eigenvalue weighted by atomic mass is 16.5. The summed E-state index contributed by atoms with van der Waals surface area (Å²) >= 11 is 0. The third-order valence-corrected chi connectivity index (χ3v) is 5.78. The van der Waals surface area contributed by atoms with E-state index in [2.05, 4.69) is 21.7 Å². The number of hydrogen-bond acceptors (Lipinski definition) is 3. The summed E-state index contributed by atoms with van der Waals surface area (Å²) in [4.78, 5) is 29.4. The van der Waals surface area contributed by atoms with Crippen LogP contribution in [0.5, 0.6) is 5.75 Å². The molecule has 0 atom stereocenters. The molecule has 3 N–H and O–H groups in total. The molecule has 1 heterocycles. The molecule has 0 fully saturated rings. The first kappa shape index (κ1) is 24.8. The Morgan fingerprint density at radius 1 is 0.944 bits per heavy atom. The van der Waals surface area contributed by atoms with E-state index in [1.54, 1.807) is 30.3 Å². The molecule has 3 aromatic carbocycles. The molecule has 4 aromatic rings. The molecule has 1 aromatic heterocycles. The molecule has 0 aliphatic rings. The number of nitrogens with one attached hydrogen (secondary N) is 3. The van der Waals surface area contributed by atoms with Crippen molar-refractivity contribution in [2.24, 2.45) is 0 Å². The molecule has 6 nitrogen and oxygen atoms in total. The summed E-state index contributed by atoms with van der Waals surface area (Å²) in [7, 11) is 0. The minimum absolute atomic E-state index is 0.0682. The van der Waals surface area contributed by atoms with Crippen molar-refractivity contribution in [3.05, 3.63) is 107 Å². The Balaban J connectivity index is 1.50. The second-order valence-corrected chi connectivity index (χ2v) is 8.89. The zero-order valence-corrected chi connectivity index (χ0v) is 20.8. The van der Waals surface area contributed by atoms with Crippen LogP contribution in [0.2, 0.25) is 0 Å². The number of fused-ring (bicyclic) bond motifs is 1. The molecule has 0 saturated carbocycles. The van der Waals surface area contributed by atoms with Crippen molar-refractivity contribution in [1.29, 1.82) is 0 Å². The number of aryl methyl sites for hydroxylation is 1. The number of benzene rings is 3. The van der Waals surface area contributed by atoms with E-state index < -0.39 is 0 Å². The zero-order valence-electron chi connectivity index (χ0n) is 20.8. The molecule has 4 rings (SSSR count). The van der Waals surface area contributed by atoms with Gasteiger partial charge in [0, 0.05) is 28.7 Å². The summed E-state index contributed by atoms with van der Waals surface area (Å²) in [5.74, 6) is 0.0547. The van der Waals surface area contributed by atoms with Crippen molar-refractivity contribution >= 4 is 28.8 Å². The SMILES string of the molecule is Cc1[nH]c2ccccc2c1CCNC(=O)/C(=C/c1ccc(OC(C)C)cc1)NC(=O)c1ccccc1. The van der Waals surface area contributed by atoms with Crippen LogP contribution in [0.25, 0.3) is 17.0 Å². The van der Waals surface area contributed by atoms with Crippen molar-refractivity contribution in [1.82, 2.24) is 15.6 Å². The number of aromatic amines is 1. The van der Waals surface area contributed by atoms with Crippen LogP contribution in [-0.4, -0.2) is 29.4 Å². The number of ether oxygens (including phenoxy) is 1. The van der Waals surface area contributed by atoms with Gasteiger partial charge in [0.1, 0.15) is 11.4 Å². The predicted octanol–water partition coefficient (Wildman–Crippen LogP) is 5.39. The van der Waals surface area contributed by atoms with Crippen LogP contribution < -0.4 is 15.4 Å². The van der Waals surface area contributed by atoms with Crippen LogP contribution in [0.15, 0.2) is 84.6 Å². The quantitative estimate of drug-likeness (QED) is 0.280. The number of H-pyrrole nitrogens is 1. The fourth-order valence-corrected chi connectivity index (χ4v) is 4.08. The van der Waals surface area contributed by atoms with Crippen LogP contribution in [0, 0.1) is 6.92 Å². The van der Waals surface area contributed by atoms with Crippen molar-refractivity contribution in [3.8, 4) is 5.75 Å². The third-order valence-electron chi connectivity index (χ3n) is 5.78. The fraction of sp³-hybridized carbons (Fsp3) is 0.200. The van der Waals surface area contributed by atoms with Crippen molar-refractivity contribution in [2.45, 2.75) is 33.3 Å². The molecule has 0 saturated heterocycles. The Hall–Kier alpha value is -4.32. The average molecular weight is 482 g/mol. The van der Waals surface area contributed by atoms with Gasteiger partial charge in [0.15, 0.2) is 0 Å². The summed E-state index contributed by atoms with van der Waals surface area (Å²) in [6.07, 6.45) is 2.41. The molecule has 0 bridgehead atoms. The molecular formula is C30H31N3O3. The standard InChI is InChI=1S/C30H31N3O3/c1-20(2)36-24-15-13-22(14-16-24)19-28(33-29(34)23-9-5-4-6-10-23)30(35)31-18-17-25-21(3)32-27-12-8-7-11-26(25)27/h4-16,19-20,32H,17-18H2,1-3H3,(H,31,35)(H,33,34)/b28-19-. The van der Waals surface area contributed by atoms with Crippen molar-refractivity contribution in [2.75, 3.05) is 6.54 Å². The largest absolute Gasteiger partial charge is 0.491 e. The molecule has 6 heteroatoms. The number of rotatable bonds is 9. The molecule has 36 heavy (non-hydrogen) atoms. The second-order valence-electron chi connectivity index (χ2n) is 8.89. The molecular weight excluding hydrogens is 450 g/mol. The van der Waals surface area contributed by atoms with Gasteiger partial charge in [0.25, 0.3) is 11.8 Å². The Morgan fingerprint density at radius 3 is 2.36 bits per heavy atom. The van der Waals surface area contributed by atoms with Crippen molar-refractivity contribution in [3.63, 3.8) is 0 Å². The Bertz CT molecular complexity index is 1370. The van der Waals surface area contributed by atoms with E-state index in [-0.39, 0.29) is 23.6 Å². The number of carbonyl (C=O) groups is 2. The number of hydrogen-bond donors (Lipinski definition) is 3. The maximum Gasteiger partial charge on any atom is 0.267 e. The van der Waals surface area contributed by atoms with Gasteiger partial charge in [-0.25, -0.2) is 0 Å².